The highest BCUT2D eigenvalue weighted by Gasteiger charge is 2.27. The van der Waals surface area contributed by atoms with Crippen LogP contribution in [-0.4, -0.2) is 30.5 Å². The number of aliphatic hydroxyl groups is 1. The molecule has 0 spiro atoms. The van der Waals surface area contributed by atoms with Crippen molar-refractivity contribution in [2.75, 3.05) is 13.2 Å². The average molecular weight is 256 g/mol. The lowest BCUT2D eigenvalue weighted by molar-refractivity contribution is 0.0733. The lowest BCUT2D eigenvalue weighted by Crippen LogP contribution is -2.29. The molecule has 1 saturated heterocycles. The highest BCUT2D eigenvalue weighted by molar-refractivity contribution is 5.62. The van der Waals surface area contributed by atoms with Crippen LogP contribution >= 0.6 is 0 Å². The minimum atomic E-state index is -0.608. The minimum Gasteiger partial charge on any atom is -0.485 e. The molecule has 0 saturated carbocycles. The number of nitriles is 2. The lowest BCUT2D eigenvalue weighted by atomic mass is 10.1. The van der Waals surface area contributed by atoms with Crippen LogP contribution in [0.1, 0.15) is 5.56 Å². The molecule has 1 aromatic carbocycles. The molecule has 5 nitrogen and oxygen atoms in total. The summed E-state index contributed by atoms with van der Waals surface area (Å²) in [5.74, 6) is 0.613. The van der Waals surface area contributed by atoms with Crippen LogP contribution in [0.2, 0.25) is 0 Å². The molecule has 5 heteroatoms. The first-order valence-electron chi connectivity index (χ1n) is 5.77. The van der Waals surface area contributed by atoms with Gasteiger partial charge >= 0.3 is 0 Å². The van der Waals surface area contributed by atoms with Crippen molar-refractivity contribution < 1.29 is 14.6 Å². The first-order chi connectivity index (χ1) is 9.22. The second kappa shape index (κ2) is 6.01. The number of rotatable bonds is 3. The summed E-state index contributed by atoms with van der Waals surface area (Å²) in [7, 11) is 0. The Hall–Kier alpha value is -2.34. The monoisotopic (exact) mass is 256 g/mol. The van der Waals surface area contributed by atoms with Crippen molar-refractivity contribution in [3.05, 3.63) is 35.4 Å². The van der Waals surface area contributed by atoms with Crippen LogP contribution < -0.4 is 4.74 Å². The quantitative estimate of drug-likeness (QED) is 0.822. The maximum Gasteiger partial charge on any atom is 0.150 e. The van der Waals surface area contributed by atoms with Gasteiger partial charge in [0.05, 0.1) is 13.2 Å². The van der Waals surface area contributed by atoms with Crippen molar-refractivity contribution in [3.8, 4) is 17.9 Å². The van der Waals surface area contributed by atoms with E-state index >= 15 is 0 Å². The summed E-state index contributed by atoms with van der Waals surface area (Å²) in [5.41, 5.74) is 0.793. The van der Waals surface area contributed by atoms with Gasteiger partial charge in [0.25, 0.3) is 0 Å². The third-order valence-electron chi connectivity index (χ3n) is 2.72. The molecular formula is C14H12N2O3. The highest BCUT2D eigenvalue weighted by atomic mass is 16.6. The molecule has 2 rings (SSSR count). The van der Waals surface area contributed by atoms with E-state index in [-0.39, 0.29) is 11.7 Å². The van der Waals surface area contributed by atoms with E-state index in [1.54, 1.807) is 36.4 Å². The summed E-state index contributed by atoms with van der Waals surface area (Å²) in [4.78, 5) is 0. The van der Waals surface area contributed by atoms with E-state index in [4.69, 9.17) is 20.0 Å². The van der Waals surface area contributed by atoms with Crippen molar-refractivity contribution in [2.24, 2.45) is 0 Å². The Balaban J connectivity index is 2.05. The van der Waals surface area contributed by atoms with Gasteiger partial charge in [0.15, 0.2) is 0 Å². The summed E-state index contributed by atoms with van der Waals surface area (Å²) >= 11 is 0. The lowest BCUT2D eigenvalue weighted by Gasteiger charge is -2.15. The number of hydrogen-bond acceptors (Lipinski definition) is 5. The standard InChI is InChI=1S/C14H12N2O3/c15-6-11(7-16)5-10-1-3-12(4-2-10)19-14-9-18-8-13(14)17/h1-5,13-14,17H,8-9H2. The van der Waals surface area contributed by atoms with Crippen LogP contribution in [0, 0.1) is 22.7 Å². The first-order valence-corrected chi connectivity index (χ1v) is 5.77. The summed E-state index contributed by atoms with van der Waals surface area (Å²) < 4.78 is 10.7. The molecule has 19 heavy (non-hydrogen) atoms. The zero-order chi connectivity index (χ0) is 13.7. The van der Waals surface area contributed by atoms with E-state index in [1.807, 2.05) is 0 Å². The molecule has 1 fully saturated rings. The molecule has 0 aliphatic carbocycles. The number of hydrogen-bond donors (Lipinski definition) is 1. The number of nitrogens with zero attached hydrogens (tertiary/aromatic N) is 2. The van der Waals surface area contributed by atoms with Crippen LogP contribution in [0.4, 0.5) is 0 Å². The number of ether oxygens (including phenoxy) is 2. The van der Waals surface area contributed by atoms with Crippen molar-refractivity contribution in [3.63, 3.8) is 0 Å². The Kier molecular flexibility index (Phi) is 4.15. The van der Waals surface area contributed by atoms with Crippen molar-refractivity contribution in [1.29, 1.82) is 10.5 Å². The molecule has 1 N–H and O–H groups in total. The highest BCUT2D eigenvalue weighted by Crippen LogP contribution is 2.19. The zero-order valence-electron chi connectivity index (χ0n) is 10.1. The van der Waals surface area contributed by atoms with Gasteiger partial charge < -0.3 is 14.6 Å². The Bertz CT molecular complexity index is 536. The van der Waals surface area contributed by atoms with Gasteiger partial charge in [-0.15, -0.1) is 0 Å². The maximum atomic E-state index is 9.56. The smallest absolute Gasteiger partial charge is 0.150 e. The summed E-state index contributed by atoms with van der Waals surface area (Å²) in [6.45, 7) is 0.662. The van der Waals surface area contributed by atoms with Gasteiger partial charge in [-0.1, -0.05) is 12.1 Å². The third-order valence-corrected chi connectivity index (χ3v) is 2.72. The van der Waals surface area contributed by atoms with E-state index in [1.165, 1.54) is 6.08 Å². The normalized spacial score (nSPS) is 21.2. The second-order valence-electron chi connectivity index (χ2n) is 4.11. The molecule has 2 atom stereocenters. The van der Waals surface area contributed by atoms with Crippen molar-refractivity contribution in [1.82, 2.24) is 0 Å². The molecule has 0 radical (unpaired) electrons. The van der Waals surface area contributed by atoms with Gasteiger partial charge in [-0.3, -0.25) is 0 Å². The summed E-state index contributed by atoms with van der Waals surface area (Å²) in [6, 6.07) is 10.5. The van der Waals surface area contributed by atoms with Crippen molar-refractivity contribution >= 4 is 6.08 Å². The Labute approximate surface area is 110 Å². The fraction of sp³-hybridized carbons (Fsp3) is 0.286. The SMILES string of the molecule is N#CC(C#N)=Cc1ccc(OC2COCC2O)cc1. The molecule has 2 unspecified atom stereocenters. The largest absolute Gasteiger partial charge is 0.485 e. The topological polar surface area (TPSA) is 86.3 Å². The molecule has 96 valence electrons. The van der Waals surface area contributed by atoms with Gasteiger partial charge in [-0.05, 0) is 23.8 Å². The van der Waals surface area contributed by atoms with Crippen LogP contribution in [-0.2, 0) is 4.74 Å². The number of allylic oxidation sites excluding steroid dienone is 1. The van der Waals surface area contributed by atoms with E-state index in [2.05, 4.69) is 0 Å². The van der Waals surface area contributed by atoms with Gasteiger partial charge in [0.2, 0.25) is 0 Å². The number of aliphatic hydroxyl groups excluding tert-OH is 1. The molecule has 1 aliphatic heterocycles. The fourth-order valence-corrected chi connectivity index (χ4v) is 1.71. The predicted octanol–water partition coefficient (Wildman–Crippen LogP) is 1.26. The fourth-order valence-electron chi connectivity index (χ4n) is 1.71. The summed E-state index contributed by atoms with van der Waals surface area (Å²) in [6.07, 6.45) is 0.538. The van der Waals surface area contributed by atoms with Crippen LogP contribution in [0.5, 0.6) is 5.75 Å². The Morgan fingerprint density at radius 3 is 2.47 bits per heavy atom. The van der Waals surface area contributed by atoms with E-state index in [0.29, 0.717) is 19.0 Å². The van der Waals surface area contributed by atoms with Gasteiger partial charge in [-0.2, -0.15) is 10.5 Å². The van der Waals surface area contributed by atoms with Crippen LogP contribution in [0.3, 0.4) is 0 Å². The van der Waals surface area contributed by atoms with Crippen LogP contribution in [0.25, 0.3) is 6.08 Å². The molecule has 0 bridgehead atoms. The molecule has 1 aliphatic rings. The van der Waals surface area contributed by atoms with Gasteiger partial charge in [-0.25, -0.2) is 0 Å². The minimum absolute atomic E-state index is 0.0493. The second-order valence-corrected chi connectivity index (χ2v) is 4.11. The van der Waals surface area contributed by atoms with E-state index in [0.717, 1.165) is 5.56 Å². The molecule has 0 aromatic heterocycles. The maximum absolute atomic E-state index is 9.56. The average Bonchev–Trinajstić information content (AvgIpc) is 2.83. The van der Waals surface area contributed by atoms with Gasteiger partial charge in [0, 0.05) is 0 Å². The van der Waals surface area contributed by atoms with E-state index < -0.39 is 6.10 Å². The first kappa shape index (κ1) is 13.1. The van der Waals surface area contributed by atoms with Crippen LogP contribution in [0.15, 0.2) is 29.8 Å². The predicted molar refractivity (Wildman–Crippen MR) is 66.9 cm³/mol. The molecule has 0 amide bonds. The number of benzene rings is 1. The third kappa shape index (κ3) is 3.32. The summed E-state index contributed by atoms with van der Waals surface area (Å²) in [5, 5.41) is 26.9. The molecular weight excluding hydrogens is 244 g/mol. The molecule has 1 aromatic rings. The van der Waals surface area contributed by atoms with Gasteiger partial charge in [0.1, 0.15) is 35.7 Å². The zero-order valence-corrected chi connectivity index (χ0v) is 10.1. The Morgan fingerprint density at radius 2 is 1.95 bits per heavy atom. The Morgan fingerprint density at radius 1 is 1.26 bits per heavy atom. The van der Waals surface area contributed by atoms with Crippen molar-refractivity contribution in [2.45, 2.75) is 12.2 Å². The van der Waals surface area contributed by atoms with E-state index in [9.17, 15) is 5.11 Å². The molecule has 1 heterocycles.